The number of nitrogens with two attached hydrogens (primary N) is 1. The molecule has 2 aromatic carbocycles. The molecule has 3 N–H and O–H groups in total. The van der Waals surface area contributed by atoms with E-state index in [1.54, 1.807) is 10.7 Å². The number of anilines is 2. The Labute approximate surface area is 187 Å². The highest BCUT2D eigenvalue weighted by Gasteiger charge is 2.32. The quantitative estimate of drug-likeness (QED) is 0.480. The summed E-state index contributed by atoms with van der Waals surface area (Å²) >= 11 is 0. The summed E-state index contributed by atoms with van der Waals surface area (Å²) in [6.45, 7) is 2.13. The fourth-order valence-corrected chi connectivity index (χ4v) is 3.92. The third-order valence-corrected chi connectivity index (χ3v) is 5.54. The molecule has 0 aliphatic carbocycles. The fourth-order valence-electron chi connectivity index (χ4n) is 3.92. The summed E-state index contributed by atoms with van der Waals surface area (Å²) in [4.78, 5) is 22.7. The van der Waals surface area contributed by atoms with Gasteiger partial charge in [-0.3, -0.25) is 4.84 Å². The standard InChI is InChI=1S/C23H20F2N6O2/c1-13-2-3-14(15-4-6-30-21(11-15)28-22(26)29-30)10-19(13)27-23(32)31-20(5-7-33-31)16-8-17(24)12-18(25)9-16/h2-4,6,8-12,20H,5,7H2,1H3,(H2,26,29)(H,27,32)/t20-/m0/s1. The first kappa shape index (κ1) is 20.8. The molecule has 2 aromatic heterocycles. The molecule has 0 saturated carbocycles. The monoisotopic (exact) mass is 450 g/mol. The normalized spacial score (nSPS) is 15.8. The van der Waals surface area contributed by atoms with E-state index in [9.17, 15) is 13.6 Å². The number of hydroxylamine groups is 2. The van der Waals surface area contributed by atoms with Crippen LogP contribution in [0.4, 0.5) is 25.2 Å². The van der Waals surface area contributed by atoms with Crippen molar-refractivity contribution >= 4 is 23.3 Å². The van der Waals surface area contributed by atoms with Crippen molar-refractivity contribution in [2.24, 2.45) is 0 Å². The molecule has 0 radical (unpaired) electrons. The molecule has 10 heteroatoms. The first-order chi connectivity index (χ1) is 15.9. The van der Waals surface area contributed by atoms with Gasteiger partial charge in [-0.05, 0) is 59.5 Å². The Balaban J connectivity index is 1.40. The number of aromatic nitrogens is 3. The highest BCUT2D eigenvalue weighted by molar-refractivity contribution is 5.91. The molecule has 1 aliphatic heterocycles. The second-order valence-corrected chi connectivity index (χ2v) is 7.81. The number of carbonyl (C=O) groups excluding carboxylic acids is 1. The smallest absolute Gasteiger partial charge is 0.346 e. The summed E-state index contributed by atoms with van der Waals surface area (Å²) in [7, 11) is 0. The van der Waals surface area contributed by atoms with Gasteiger partial charge in [0.2, 0.25) is 5.95 Å². The van der Waals surface area contributed by atoms with Gasteiger partial charge in [0.05, 0.1) is 12.6 Å². The first-order valence-electron chi connectivity index (χ1n) is 10.3. The summed E-state index contributed by atoms with van der Waals surface area (Å²) < 4.78 is 29.0. The van der Waals surface area contributed by atoms with Crippen molar-refractivity contribution in [3.63, 3.8) is 0 Å². The largest absolute Gasteiger partial charge is 0.366 e. The molecule has 0 spiro atoms. The van der Waals surface area contributed by atoms with Crippen LogP contribution in [0.1, 0.15) is 23.6 Å². The molecule has 33 heavy (non-hydrogen) atoms. The van der Waals surface area contributed by atoms with Crippen LogP contribution in [0.25, 0.3) is 16.8 Å². The number of nitrogens with one attached hydrogen (secondary N) is 1. The maximum Gasteiger partial charge on any atom is 0.346 e. The zero-order chi connectivity index (χ0) is 23.1. The number of pyridine rings is 1. The lowest BCUT2D eigenvalue weighted by molar-refractivity contribution is -0.0830. The predicted octanol–water partition coefficient (Wildman–Crippen LogP) is 4.48. The Kier molecular flexibility index (Phi) is 5.14. The highest BCUT2D eigenvalue weighted by Crippen LogP contribution is 2.33. The second kappa shape index (κ2) is 8.14. The van der Waals surface area contributed by atoms with Crippen molar-refractivity contribution in [3.8, 4) is 11.1 Å². The van der Waals surface area contributed by atoms with E-state index < -0.39 is 23.7 Å². The molecule has 0 unspecified atom stereocenters. The zero-order valence-electron chi connectivity index (χ0n) is 17.6. The van der Waals surface area contributed by atoms with E-state index in [-0.39, 0.29) is 12.6 Å². The van der Waals surface area contributed by atoms with E-state index in [0.29, 0.717) is 23.3 Å². The van der Waals surface area contributed by atoms with Crippen LogP contribution in [-0.2, 0) is 4.84 Å². The van der Waals surface area contributed by atoms with Gasteiger partial charge in [0, 0.05) is 24.4 Å². The van der Waals surface area contributed by atoms with Gasteiger partial charge >= 0.3 is 6.03 Å². The zero-order valence-corrected chi connectivity index (χ0v) is 17.6. The molecule has 1 saturated heterocycles. The molecule has 1 atom stereocenters. The lowest BCUT2D eigenvalue weighted by Crippen LogP contribution is -2.33. The number of aryl methyl sites for hydroxylation is 1. The summed E-state index contributed by atoms with van der Waals surface area (Å²) in [5, 5.41) is 8.05. The van der Waals surface area contributed by atoms with Gasteiger partial charge < -0.3 is 11.1 Å². The van der Waals surface area contributed by atoms with Crippen molar-refractivity contribution in [1.29, 1.82) is 0 Å². The predicted molar refractivity (Wildman–Crippen MR) is 118 cm³/mol. The maximum absolute atomic E-state index is 13.7. The van der Waals surface area contributed by atoms with E-state index in [1.807, 2.05) is 37.3 Å². The average molecular weight is 450 g/mol. The number of urea groups is 1. The van der Waals surface area contributed by atoms with Crippen LogP contribution in [0.5, 0.6) is 0 Å². The van der Waals surface area contributed by atoms with Gasteiger partial charge in [-0.15, -0.1) is 5.10 Å². The molecule has 3 heterocycles. The number of nitrogens with zero attached hydrogens (tertiary/aromatic N) is 4. The lowest BCUT2D eigenvalue weighted by atomic mass is 10.0. The number of amides is 2. The van der Waals surface area contributed by atoms with Crippen molar-refractivity contribution in [3.05, 3.63) is 77.5 Å². The second-order valence-electron chi connectivity index (χ2n) is 7.81. The van der Waals surface area contributed by atoms with Gasteiger partial charge in [-0.1, -0.05) is 12.1 Å². The summed E-state index contributed by atoms with van der Waals surface area (Å²) in [5.74, 6) is -1.22. The number of fused-ring (bicyclic) bond motifs is 1. The van der Waals surface area contributed by atoms with Crippen LogP contribution in [-0.4, -0.2) is 32.3 Å². The minimum atomic E-state index is -0.702. The first-order valence-corrected chi connectivity index (χ1v) is 10.3. The molecule has 168 valence electrons. The molecule has 4 aromatic rings. The third-order valence-electron chi connectivity index (χ3n) is 5.54. The van der Waals surface area contributed by atoms with Crippen molar-refractivity contribution in [2.75, 3.05) is 17.7 Å². The van der Waals surface area contributed by atoms with Gasteiger partial charge in [-0.25, -0.2) is 18.1 Å². The van der Waals surface area contributed by atoms with E-state index in [0.717, 1.165) is 27.8 Å². The van der Waals surface area contributed by atoms with Crippen LogP contribution >= 0.6 is 0 Å². The third kappa shape index (κ3) is 4.08. The minimum absolute atomic E-state index is 0.183. The van der Waals surface area contributed by atoms with Gasteiger partial charge in [0.15, 0.2) is 5.65 Å². The molecular weight excluding hydrogens is 430 g/mol. The summed E-state index contributed by atoms with van der Waals surface area (Å²) in [6.07, 6.45) is 2.18. The number of halogens is 2. The van der Waals surface area contributed by atoms with Crippen LogP contribution in [0.15, 0.2) is 54.7 Å². The van der Waals surface area contributed by atoms with E-state index in [4.69, 9.17) is 10.6 Å². The lowest BCUT2D eigenvalue weighted by Gasteiger charge is -2.24. The Bertz CT molecular complexity index is 1350. The van der Waals surface area contributed by atoms with Crippen molar-refractivity contribution in [1.82, 2.24) is 19.7 Å². The Hall–Kier alpha value is -4.05. The molecule has 0 bridgehead atoms. The van der Waals surface area contributed by atoms with Crippen molar-refractivity contribution < 1.29 is 18.4 Å². The molecule has 1 fully saturated rings. The summed E-state index contributed by atoms with van der Waals surface area (Å²) in [5.41, 5.74) is 9.75. The van der Waals surface area contributed by atoms with Crippen molar-refractivity contribution in [2.45, 2.75) is 19.4 Å². The molecule has 2 amide bonds. The minimum Gasteiger partial charge on any atom is -0.366 e. The number of nitrogen functional groups attached to an aromatic ring is 1. The van der Waals surface area contributed by atoms with E-state index in [2.05, 4.69) is 15.4 Å². The number of benzene rings is 2. The number of rotatable bonds is 3. The van der Waals surface area contributed by atoms with Gasteiger partial charge in [-0.2, -0.15) is 10.0 Å². The Morgan fingerprint density at radius 1 is 1.12 bits per heavy atom. The number of hydrogen-bond acceptors (Lipinski definition) is 5. The van der Waals surface area contributed by atoms with Crippen LogP contribution in [0.3, 0.4) is 0 Å². The van der Waals surface area contributed by atoms with E-state index >= 15 is 0 Å². The van der Waals surface area contributed by atoms with Crippen LogP contribution in [0.2, 0.25) is 0 Å². The van der Waals surface area contributed by atoms with Gasteiger partial charge in [0.1, 0.15) is 11.6 Å². The molecule has 1 aliphatic rings. The number of carbonyl (C=O) groups is 1. The Morgan fingerprint density at radius 3 is 2.67 bits per heavy atom. The fraction of sp³-hybridized carbons (Fsp3) is 0.174. The highest BCUT2D eigenvalue weighted by atomic mass is 19.1. The SMILES string of the molecule is Cc1ccc(-c2ccn3nc(N)nc3c2)cc1NC(=O)N1OCC[C@H]1c1cc(F)cc(F)c1. The molecule has 8 nitrogen and oxygen atoms in total. The molecule has 5 rings (SSSR count). The topological polar surface area (TPSA) is 97.8 Å². The van der Waals surface area contributed by atoms with Gasteiger partial charge in [0.25, 0.3) is 0 Å². The van der Waals surface area contributed by atoms with E-state index in [1.165, 1.54) is 12.1 Å². The maximum atomic E-state index is 13.7. The molecular formula is C23H20F2N6O2. The summed E-state index contributed by atoms with van der Waals surface area (Å²) in [6, 6.07) is 11.5. The van der Waals surface area contributed by atoms with Crippen LogP contribution < -0.4 is 11.1 Å². The van der Waals surface area contributed by atoms with Crippen LogP contribution in [0, 0.1) is 18.6 Å². The Morgan fingerprint density at radius 2 is 1.88 bits per heavy atom. The average Bonchev–Trinajstić information content (AvgIpc) is 3.40. The number of hydrogen-bond donors (Lipinski definition) is 2.